The third-order valence-corrected chi connectivity index (χ3v) is 4.49. The molecule has 0 aliphatic carbocycles. The largest absolute Gasteiger partial charge is 0.328 e. The normalized spacial score (nSPS) is 27.5. The number of hydrogen-bond donors (Lipinski definition) is 1. The Labute approximate surface area is 108 Å². The van der Waals surface area contributed by atoms with Crippen molar-refractivity contribution in [2.45, 2.75) is 59.9 Å². The topological polar surface area (TPSA) is 29.3 Å². The second-order valence-electron chi connectivity index (χ2n) is 7.13. The molecule has 0 aromatic carbocycles. The summed E-state index contributed by atoms with van der Waals surface area (Å²) < 4.78 is 0. The Hall–Kier alpha value is -0.0800. The van der Waals surface area contributed by atoms with Gasteiger partial charge in [-0.1, -0.05) is 27.7 Å². The second-order valence-corrected chi connectivity index (χ2v) is 7.13. The van der Waals surface area contributed by atoms with Gasteiger partial charge in [-0.2, -0.15) is 0 Å². The minimum absolute atomic E-state index is 0.316. The average Bonchev–Trinajstić information content (AvgIpc) is 2.42. The van der Waals surface area contributed by atoms with Gasteiger partial charge in [0.1, 0.15) is 0 Å². The van der Waals surface area contributed by atoms with Crippen LogP contribution in [0.25, 0.3) is 0 Å². The molecule has 3 atom stereocenters. The third-order valence-electron chi connectivity index (χ3n) is 4.49. The molecule has 1 saturated heterocycles. The smallest absolute Gasteiger partial charge is 0.00483 e. The van der Waals surface area contributed by atoms with Crippen molar-refractivity contribution in [1.29, 1.82) is 0 Å². The minimum Gasteiger partial charge on any atom is -0.328 e. The van der Waals surface area contributed by atoms with E-state index in [9.17, 15) is 0 Å². The quantitative estimate of drug-likeness (QED) is 0.821. The van der Waals surface area contributed by atoms with Crippen LogP contribution >= 0.6 is 0 Å². The fourth-order valence-corrected chi connectivity index (χ4v) is 2.78. The molecule has 1 heterocycles. The van der Waals surface area contributed by atoms with Gasteiger partial charge in [-0.3, -0.25) is 0 Å². The predicted molar refractivity (Wildman–Crippen MR) is 76.0 cm³/mol. The molecule has 1 aliphatic heterocycles. The van der Waals surface area contributed by atoms with Crippen LogP contribution in [0, 0.1) is 17.3 Å². The van der Waals surface area contributed by atoms with Crippen molar-refractivity contribution >= 4 is 0 Å². The zero-order valence-corrected chi connectivity index (χ0v) is 12.5. The fraction of sp³-hybridized carbons (Fsp3) is 1.00. The lowest BCUT2D eigenvalue weighted by Gasteiger charge is -2.30. The molecule has 0 bridgehead atoms. The highest BCUT2D eigenvalue weighted by Crippen LogP contribution is 2.34. The van der Waals surface area contributed by atoms with Crippen molar-refractivity contribution in [2.24, 2.45) is 23.0 Å². The van der Waals surface area contributed by atoms with Crippen LogP contribution < -0.4 is 5.73 Å². The van der Waals surface area contributed by atoms with Gasteiger partial charge in [0.05, 0.1) is 0 Å². The van der Waals surface area contributed by atoms with Gasteiger partial charge in [0, 0.05) is 12.6 Å². The van der Waals surface area contributed by atoms with Gasteiger partial charge >= 0.3 is 0 Å². The van der Waals surface area contributed by atoms with Crippen molar-refractivity contribution in [3.8, 4) is 0 Å². The van der Waals surface area contributed by atoms with Crippen molar-refractivity contribution in [3.63, 3.8) is 0 Å². The maximum absolute atomic E-state index is 5.96. The van der Waals surface area contributed by atoms with E-state index in [4.69, 9.17) is 5.73 Å². The van der Waals surface area contributed by atoms with E-state index in [0.717, 1.165) is 5.92 Å². The Bertz CT molecular complexity index is 217. The summed E-state index contributed by atoms with van der Waals surface area (Å²) in [4.78, 5) is 2.62. The highest BCUT2D eigenvalue weighted by atomic mass is 15.1. The molecule has 3 unspecified atom stereocenters. The lowest BCUT2D eigenvalue weighted by atomic mass is 9.77. The maximum atomic E-state index is 5.96. The van der Waals surface area contributed by atoms with E-state index in [1.807, 2.05) is 0 Å². The van der Waals surface area contributed by atoms with Gasteiger partial charge in [0.2, 0.25) is 0 Å². The molecule has 0 amide bonds. The molecule has 2 N–H and O–H groups in total. The van der Waals surface area contributed by atoms with Crippen LogP contribution in [0.15, 0.2) is 0 Å². The highest BCUT2D eigenvalue weighted by molar-refractivity contribution is 4.80. The molecule has 102 valence electrons. The lowest BCUT2D eigenvalue weighted by Crippen LogP contribution is -2.37. The van der Waals surface area contributed by atoms with E-state index < -0.39 is 0 Å². The Kier molecular flexibility index (Phi) is 5.46. The zero-order valence-electron chi connectivity index (χ0n) is 12.5. The van der Waals surface area contributed by atoms with Gasteiger partial charge in [0.15, 0.2) is 0 Å². The summed E-state index contributed by atoms with van der Waals surface area (Å²) in [6.07, 6.45) is 4.11. The first-order chi connectivity index (χ1) is 7.80. The lowest BCUT2D eigenvalue weighted by molar-refractivity contribution is 0.198. The summed E-state index contributed by atoms with van der Waals surface area (Å²) in [7, 11) is 0. The average molecular weight is 240 g/mol. The van der Waals surface area contributed by atoms with E-state index in [-0.39, 0.29) is 0 Å². The van der Waals surface area contributed by atoms with Crippen LogP contribution in [-0.4, -0.2) is 30.6 Å². The predicted octanol–water partition coefficient (Wildman–Crippen LogP) is 3.12. The minimum atomic E-state index is 0.316. The zero-order chi connectivity index (χ0) is 13.1. The molecule has 0 saturated carbocycles. The van der Waals surface area contributed by atoms with Crippen LogP contribution in [0.1, 0.15) is 53.9 Å². The number of likely N-dealkylation sites (tertiary alicyclic amines) is 1. The Morgan fingerprint density at radius 2 is 1.82 bits per heavy atom. The molecular formula is C15H32N2. The number of nitrogens with two attached hydrogens (primary N) is 1. The van der Waals surface area contributed by atoms with Crippen LogP contribution in [0.3, 0.4) is 0 Å². The molecule has 0 aromatic rings. The van der Waals surface area contributed by atoms with Gasteiger partial charge < -0.3 is 10.6 Å². The molecule has 1 rings (SSSR count). The summed E-state index contributed by atoms with van der Waals surface area (Å²) in [5, 5.41) is 0. The van der Waals surface area contributed by atoms with Crippen molar-refractivity contribution in [1.82, 2.24) is 4.90 Å². The number of rotatable bonds is 3. The molecule has 0 spiro atoms. The Morgan fingerprint density at radius 3 is 2.35 bits per heavy atom. The van der Waals surface area contributed by atoms with Crippen molar-refractivity contribution in [3.05, 3.63) is 0 Å². The highest BCUT2D eigenvalue weighted by Gasteiger charge is 2.27. The summed E-state index contributed by atoms with van der Waals surface area (Å²) in [6, 6.07) is 0.316. The summed E-state index contributed by atoms with van der Waals surface area (Å²) in [5.74, 6) is 1.50. The Balaban J connectivity index is 2.43. The van der Waals surface area contributed by atoms with Crippen molar-refractivity contribution < 1.29 is 0 Å². The van der Waals surface area contributed by atoms with E-state index in [0.29, 0.717) is 17.4 Å². The molecule has 1 aliphatic rings. The van der Waals surface area contributed by atoms with Crippen LogP contribution in [0.2, 0.25) is 0 Å². The Morgan fingerprint density at radius 1 is 1.18 bits per heavy atom. The van der Waals surface area contributed by atoms with Crippen LogP contribution in [-0.2, 0) is 0 Å². The van der Waals surface area contributed by atoms with E-state index in [1.54, 1.807) is 0 Å². The van der Waals surface area contributed by atoms with Gasteiger partial charge in [-0.15, -0.1) is 0 Å². The van der Waals surface area contributed by atoms with Crippen LogP contribution in [0.5, 0.6) is 0 Å². The summed E-state index contributed by atoms with van der Waals surface area (Å²) >= 11 is 0. The standard InChI is InChI=1S/C15H32N2/c1-12(13(2)16)11-17-9-6-7-14(8-10-17)15(3,4)5/h12-14H,6-11,16H2,1-5H3. The summed E-state index contributed by atoms with van der Waals surface area (Å²) in [5.41, 5.74) is 6.44. The van der Waals surface area contributed by atoms with E-state index in [1.165, 1.54) is 38.9 Å². The van der Waals surface area contributed by atoms with Gasteiger partial charge in [-0.25, -0.2) is 0 Å². The van der Waals surface area contributed by atoms with Crippen molar-refractivity contribution in [2.75, 3.05) is 19.6 Å². The molecule has 0 radical (unpaired) electrons. The molecule has 0 aromatic heterocycles. The SMILES string of the molecule is CC(N)C(C)CN1CCCC(C(C)(C)C)CC1. The van der Waals surface area contributed by atoms with Crippen LogP contribution in [0.4, 0.5) is 0 Å². The molecule has 2 heteroatoms. The first-order valence-corrected chi connectivity index (χ1v) is 7.28. The summed E-state index contributed by atoms with van der Waals surface area (Å²) in [6.45, 7) is 15.3. The first kappa shape index (κ1) is 15.0. The van der Waals surface area contributed by atoms with Gasteiger partial charge in [0.25, 0.3) is 0 Å². The molecular weight excluding hydrogens is 208 g/mol. The number of hydrogen-bond acceptors (Lipinski definition) is 2. The van der Waals surface area contributed by atoms with E-state index in [2.05, 4.69) is 39.5 Å². The van der Waals surface area contributed by atoms with Gasteiger partial charge in [-0.05, 0) is 56.5 Å². The van der Waals surface area contributed by atoms with E-state index >= 15 is 0 Å². The molecule has 17 heavy (non-hydrogen) atoms. The fourth-order valence-electron chi connectivity index (χ4n) is 2.78. The monoisotopic (exact) mass is 240 g/mol. The maximum Gasteiger partial charge on any atom is 0.00483 e. The number of nitrogens with zero attached hydrogens (tertiary/aromatic N) is 1. The molecule has 1 fully saturated rings. The molecule has 2 nitrogen and oxygen atoms in total. The third kappa shape index (κ3) is 4.97. The second kappa shape index (κ2) is 6.19. The first-order valence-electron chi connectivity index (χ1n) is 7.28.